The van der Waals surface area contributed by atoms with Gasteiger partial charge in [0.25, 0.3) is 5.91 Å². The predicted molar refractivity (Wildman–Crippen MR) is 112 cm³/mol. The third-order valence-corrected chi connectivity index (χ3v) is 4.59. The van der Waals surface area contributed by atoms with Gasteiger partial charge in [-0.2, -0.15) is 0 Å². The summed E-state index contributed by atoms with van der Waals surface area (Å²) < 4.78 is 21.8. The first-order chi connectivity index (χ1) is 14.0. The fourth-order valence-electron chi connectivity index (χ4n) is 3.07. The molecule has 0 aliphatic heterocycles. The summed E-state index contributed by atoms with van der Waals surface area (Å²) in [5.74, 6) is 2.03. The van der Waals surface area contributed by atoms with Crippen molar-refractivity contribution < 1.29 is 23.7 Å². The van der Waals surface area contributed by atoms with E-state index >= 15 is 0 Å². The molecule has 1 amide bonds. The highest BCUT2D eigenvalue weighted by Gasteiger charge is 2.17. The van der Waals surface area contributed by atoms with Crippen LogP contribution in [0.4, 0.5) is 0 Å². The fourth-order valence-corrected chi connectivity index (χ4v) is 3.07. The van der Waals surface area contributed by atoms with Gasteiger partial charge in [0.05, 0.1) is 21.3 Å². The lowest BCUT2D eigenvalue weighted by Gasteiger charge is -2.17. The second kappa shape index (κ2) is 9.19. The zero-order valence-corrected chi connectivity index (χ0v) is 17.0. The van der Waals surface area contributed by atoms with E-state index in [2.05, 4.69) is 5.32 Å². The Labute approximate surface area is 170 Å². The number of carbonyl (C=O) groups excluding carboxylic acids is 1. The van der Waals surface area contributed by atoms with Gasteiger partial charge in [0.2, 0.25) is 5.75 Å². The highest BCUT2D eigenvalue weighted by atomic mass is 16.5. The van der Waals surface area contributed by atoms with E-state index in [-0.39, 0.29) is 5.91 Å². The van der Waals surface area contributed by atoms with Crippen LogP contribution in [0.25, 0.3) is 10.8 Å². The molecule has 0 saturated heterocycles. The van der Waals surface area contributed by atoms with Gasteiger partial charge in [-0.15, -0.1) is 0 Å². The third kappa shape index (κ3) is 4.71. The monoisotopic (exact) mass is 395 g/mol. The summed E-state index contributed by atoms with van der Waals surface area (Å²) in [5, 5.41) is 5.07. The zero-order valence-electron chi connectivity index (χ0n) is 17.0. The van der Waals surface area contributed by atoms with Crippen molar-refractivity contribution in [3.05, 3.63) is 60.2 Å². The molecule has 0 radical (unpaired) electrons. The molecule has 3 rings (SSSR count). The molecule has 0 bridgehead atoms. The Bertz CT molecular complexity index is 976. The number of ether oxygens (including phenoxy) is 4. The molecule has 1 atom stereocenters. The number of fused-ring (bicyclic) bond motifs is 1. The van der Waals surface area contributed by atoms with Gasteiger partial charge in [0.15, 0.2) is 17.6 Å². The van der Waals surface area contributed by atoms with Crippen molar-refractivity contribution in [1.29, 1.82) is 0 Å². The molecule has 29 heavy (non-hydrogen) atoms. The average molecular weight is 395 g/mol. The van der Waals surface area contributed by atoms with Crippen molar-refractivity contribution in [1.82, 2.24) is 5.32 Å². The maximum Gasteiger partial charge on any atom is 0.261 e. The predicted octanol–water partition coefficient (Wildman–Crippen LogP) is 3.95. The molecule has 3 aromatic rings. The van der Waals surface area contributed by atoms with E-state index in [1.807, 2.05) is 42.5 Å². The van der Waals surface area contributed by atoms with Gasteiger partial charge < -0.3 is 24.3 Å². The minimum absolute atomic E-state index is 0.216. The Morgan fingerprint density at radius 3 is 2.17 bits per heavy atom. The molecule has 0 heterocycles. The molecular formula is C23H25NO5. The summed E-state index contributed by atoms with van der Waals surface area (Å²) in [7, 11) is 4.66. The Kier molecular flexibility index (Phi) is 6.44. The molecule has 6 nitrogen and oxygen atoms in total. The number of hydrogen-bond acceptors (Lipinski definition) is 5. The molecular weight excluding hydrogens is 370 g/mol. The number of carbonyl (C=O) groups is 1. The molecule has 0 spiro atoms. The van der Waals surface area contributed by atoms with Gasteiger partial charge in [-0.05, 0) is 47.5 Å². The largest absolute Gasteiger partial charge is 0.493 e. The van der Waals surface area contributed by atoms with Crippen LogP contribution >= 0.6 is 0 Å². The topological polar surface area (TPSA) is 66.0 Å². The third-order valence-electron chi connectivity index (χ3n) is 4.59. The minimum Gasteiger partial charge on any atom is -0.493 e. The summed E-state index contributed by atoms with van der Waals surface area (Å²) in [4.78, 5) is 12.5. The first-order valence-corrected chi connectivity index (χ1v) is 9.27. The van der Waals surface area contributed by atoms with Gasteiger partial charge in [0, 0.05) is 6.54 Å². The molecule has 0 aliphatic rings. The van der Waals surface area contributed by atoms with E-state index in [9.17, 15) is 4.79 Å². The average Bonchev–Trinajstić information content (AvgIpc) is 2.76. The van der Waals surface area contributed by atoms with E-state index in [4.69, 9.17) is 18.9 Å². The van der Waals surface area contributed by atoms with E-state index in [1.54, 1.807) is 40.4 Å². The zero-order chi connectivity index (χ0) is 20.8. The first-order valence-electron chi connectivity index (χ1n) is 9.27. The molecule has 3 aromatic carbocycles. The summed E-state index contributed by atoms with van der Waals surface area (Å²) in [6, 6.07) is 17.4. The normalized spacial score (nSPS) is 11.6. The van der Waals surface area contributed by atoms with Crippen molar-refractivity contribution in [2.75, 3.05) is 21.3 Å². The first kappa shape index (κ1) is 20.3. The smallest absolute Gasteiger partial charge is 0.261 e. The van der Waals surface area contributed by atoms with Gasteiger partial charge in [-0.25, -0.2) is 0 Å². The Morgan fingerprint density at radius 1 is 0.897 bits per heavy atom. The number of nitrogens with one attached hydrogen (secondary N) is 1. The molecule has 0 fully saturated rings. The summed E-state index contributed by atoms with van der Waals surface area (Å²) in [5.41, 5.74) is 0.825. The van der Waals surface area contributed by atoms with Crippen LogP contribution in [0.3, 0.4) is 0 Å². The van der Waals surface area contributed by atoms with Crippen LogP contribution in [0.2, 0.25) is 0 Å². The van der Waals surface area contributed by atoms with Crippen molar-refractivity contribution in [2.24, 2.45) is 0 Å². The maximum atomic E-state index is 12.5. The molecule has 152 valence electrons. The Hall–Kier alpha value is -3.41. The minimum atomic E-state index is -0.641. The van der Waals surface area contributed by atoms with E-state index in [0.29, 0.717) is 29.5 Å². The summed E-state index contributed by atoms with van der Waals surface area (Å²) in [6.45, 7) is 2.03. The molecule has 0 aromatic heterocycles. The molecule has 0 aliphatic carbocycles. The number of methoxy groups -OCH3 is 3. The van der Waals surface area contributed by atoms with E-state index < -0.39 is 6.10 Å². The lowest BCUT2D eigenvalue weighted by Crippen LogP contribution is -2.35. The number of benzene rings is 3. The van der Waals surface area contributed by atoms with Crippen LogP contribution in [-0.4, -0.2) is 33.3 Å². The van der Waals surface area contributed by atoms with Crippen LogP contribution in [-0.2, 0) is 11.3 Å². The number of amides is 1. The fraction of sp³-hybridized carbons (Fsp3) is 0.261. The van der Waals surface area contributed by atoms with Crippen LogP contribution in [0, 0.1) is 0 Å². The number of rotatable bonds is 8. The molecule has 0 unspecified atom stereocenters. The maximum absolute atomic E-state index is 12.5. The van der Waals surface area contributed by atoms with Gasteiger partial charge >= 0.3 is 0 Å². The lowest BCUT2D eigenvalue weighted by atomic mass is 10.1. The summed E-state index contributed by atoms with van der Waals surface area (Å²) >= 11 is 0. The second-order valence-electron chi connectivity index (χ2n) is 6.52. The standard InChI is InChI=1S/C23H25NO5/c1-15(29-19-10-9-17-7-5-6-8-18(17)13-19)23(25)24-14-16-11-20(26-2)22(28-4)21(12-16)27-3/h5-13,15H,14H2,1-4H3,(H,24,25)/t15-/m1/s1. The van der Waals surface area contributed by atoms with Gasteiger partial charge in [-0.1, -0.05) is 30.3 Å². The van der Waals surface area contributed by atoms with Crippen LogP contribution in [0.15, 0.2) is 54.6 Å². The van der Waals surface area contributed by atoms with Gasteiger partial charge in [0.1, 0.15) is 5.75 Å². The van der Waals surface area contributed by atoms with E-state index in [1.165, 1.54) is 0 Å². The second-order valence-corrected chi connectivity index (χ2v) is 6.52. The molecule has 0 saturated carbocycles. The summed E-state index contributed by atoms with van der Waals surface area (Å²) in [6.07, 6.45) is -0.641. The molecule has 1 N–H and O–H groups in total. The van der Waals surface area contributed by atoms with Crippen LogP contribution < -0.4 is 24.3 Å². The highest BCUT2D eigenvalue weighted by Crippen LogP contribution is 2.38. The Morgan fingerprint density at radius 2 is 1.55 bits per heavy atom. The van der Waals surface area contributed by atoms with Crippen molar-refractivity contribution >= 4 is 16.7 Å². The highest BCUT2D eigenvalue weighted by molar-refractivity contribution is 5.84. The van der Waals surface area contributed by atoms with Crippen molar-refractivity contribution in [3.8, 4) is 23.0 Å². The molecule has 6 heteroatoms. The quantitative estimate of drug-likeness (QED) is 0.626. The van der Waals surface area contributed by atoms with Crippen LogP contribution in [0.5, 0.6) is 23.0 Å². The van der Waals surface area contributed by atoms with Crippen molar-refractivity contribution in [3.63, 3.8) is 0 Å². The van der Waals surface area contributed by atoms with Gasteiger partial charge in [-0.3, -0.25) is 4.79 Å². The number of hydrogen-bond donors (Lipinski definition) is 1. The lowest BCUT2D eigenvalue weighted by molar-refractivity contribution is -0.127. The van der Waals surface area contributed by atoms with E-state index in [0.717, 1.165) is 16.3 Å². The van der Waals surface area contributed by atoms with Crippen LogP contribution in [0.1, 0.15) is 12.5 Å². The Balaban J connectivity index is 1.65. The van der Waals surface area contributed by atoms with Crippen molar-refractivity contribution in [2.45, 2.75) is 19.6 Å². The SMILES string of the molecule is COc1cc(CNC(=O)[C@@H](C)Oc2ccc3ccccc3c2)cc(OC)c1OC.